The average Bonchev–Trinajstić information content (AvgIpc) is 3.53. The number of piperidine rings is 1. The molecule has 0 bridgehead atoms. The number of anilines is 1. The minimum atomic E-state index is -0.778. The number of para-hydroxylation sites is 1. The van der Waals surface area contributed by atoms with Crippen molar-refractivity contribution in [2.75, 3.05) is 31.2 Å². The maximum Gasteiger partial charge on any atom is 0.253 e. The third kappa shape index (κ3) is 4.32. The molecule has 2 aliphatic rings. The first-order valence-electron chi connectivity index (χ1n) is 12.9. The SMILES string of the molecule is O=C(Cc1ccccc1)CN1CN(c2ccccc2)C2(CCN(C(=O)c3ccc4[nH]ncc4c3)CC2)C1=O. The second-order valence-electron chi connectivity index (χ2n) is 10.1. The number of nitrogens with zero attached hydrogens (tertiary/aromatic N) is 4. The molecule has 8 nitrogen and oxygen atoms in total. The van der Waals surface area contributed by atoms with Gasteiger partial charge in [0, 0.05) is 36.1 Å². The van der Waals surface area contributed by atoms with Gasteiger partial charge in [-0.1, -0.05) is 48.5 Å². The van der Waals surface area contributed by atoms with Gasteiger partial charge >= 0.3 is 0 Å². The van der Waals surface area contributed by atoms with E-state index in [4.69, 9.17) is 0 Å². The molecule has 38 heavy (non-hydrogen) atoms. The van der Waals surface area contributed by atoms with Gasteiger partial charge in [0.25, 0.3) is 5.91 Å². The highest BCUT2D eigenvalue weighted by molar-refractivity contribution is 5.99. The Kier molecular flexibility index (Phi) is 6.15. The van der Waals surface area contributed by atoms with Crippen molar-refractivity contribution < 1.29 is 14.4 Å². The molecule has 3 heterocycles. The zero-order valence-electron chi connectivity index (χ0n) is 21.0. The van der Waals surface area contributed by atoms with Crippen LogP contribution in [-0.4, -0.2) is 69.4 Å². The van der Waals surface area contributed by atoms with Gasteiger partial charge < -0.3 is 14.7 Å². The Morgan fingerprint density at radius 2 is 1.63 bits per heavy atom. The van der Waals surface area contributed by atoms with Crippen LogP contribution in [0.25, 0.3) is 10.9 Å². The number of hydrogen-bond acceptors (Lipinski definition) is 5. The lowest BCUT2D eigenvalue weighted by atomic mass is 9.85. The highest BCUT2D eigenvalue weighted by atomic mass is 16.2. The van der Waals surface area contributed by atoms with E-state index in [0.717, 1.165) is 22.2 Å². The van der Waals surface area contributed by atoms with Gasteiger partial charge in [0.2, 0.25) is 5.91 Å². The summed E-state index contributed by atoms with van der Waals surface area (Å²) in [4.78, 5) is 45.8. The standard InChI is InChI=1S/C30H29N5O3/c36-26(17-22-7-3-1-4-8-22)20-34-21-35(25-9-5-2-6-10-25)30(29(34)38)13-15-33(16-14-30)28(37)23-11-12-27-24(18-23)19-31-32-27/h1-12,18-19H,13-17,20-21H2,(H,31,32). The fourth-order valence-electron chi connectivity index (χ4n) is 5.75. The molecule has 0 unspecified atom stereocenters. The number of fused-ring (bicyclic) bond motifs is 1. The molecule has 2 amide bonds. The average molecular weight is 508 g/mol. The van der Waals surface area contributed by atoms with E-state index in [-0.39, 0.29) is 24.1 Å². The zero-order chi connectivity index (χ0) is 26.1. The van der Waals surface area contributed by atoms with Crippen molar-refractivity contribution >= 4 is 34.2 Å². The molecule has 2 fully saturated rings. The first kappa shape index (κ1) is 23.9. The number of carbonyl (C=O) groups is 3. The van der Waals surface area contributed by atoms with Crippen molar-refractivity contribution in [2.24, 2.45) is 0 Å². The number of likely N-dealkylation sites (tertiary alicyclic amines) is 1. The van der Waals surface area contributed by atoms with Gasteiger partial charge in [-0.3, -0.25) is 19.5 Å². The Labute approximate surface area is 220 Å². The number of ketones is 1. The van der Waals surface area contributed by atoms with E-state index < -0.39 is 5.54 Å². The monoisotopic (exact) mass is 507 g/mol. The highest BCUT2D eigenvalue weighted by Crippen LogP contribution is 2.39. The molecule has 1 spiro atoms. The number of rotatable bonds is 6. The fourth-order valence-corrected chi connectivity index (χ4v) is 5.75. The van der Waals surface area contributed by atoms with E-state index in [2.05, 4.69) is 15.1 Å². The Balaban J connectivity index is 1.21. The zero-order valence-corrected chi connectivity index (χ0v) is 21.0. The molecular weight excluding hydrogens is 478 g/mol. The predicted octanol–water partition coefficient (Wildman–Crippen LogP) is 3.66. The molecule has 2 saturated heterocycles. The summed E-state index contributed by atoms with van der Waals surface area (Å²) in [7, 11) is 0. The minimum absolute atomic E-state index is 0.0110. The van der Waals surface area contributed by atoms with Crippen LogP contribution in [0.3, 0.4) is 0 Å². The van der Waals surface area contributed by atoms with Crippen molar-refractivity contribution in [2.45, 2.75) is 24.8 Å². The van der Waals surface area contributed by atoms with Crippen LogP contribution in [0.15, 0.2) is 85.1 Å². The van der Waals surface area contributed by atoms with E-state index >= 15 is 0 Å². The topological polar surface area (TPSA) is 89.6 Å². The maximum atomic E-state index is 13.9. The predicted molar refractivity (Wildman–Crippen MR) is 145 cm³/mol. The normalized spacial score (nSPS) is 16.9. The lowest BCUT2D eigenvalue weighted by Gasteiger charge is -2.43. The first-order chi connectivity index (χ1) is 18.5. The summed E-state index contributed by atoms with van der Waals surface area (Å²) in [5.74, 6) is -0.0684. The van der Waals surface area contributed by atoms with Crippen LogP contribution < -0.4 is 4.90 Å². The number of aromatic amines is 1. The van der Waals surface area contributed by atoms with Crippen LogP contribution in [0.4, 0.5) is 5.69 Å². The number of H-pyrrole nitrogens is 1. The maximum absolute atomic E-state index is 13.9. The largest absolute Gasteiger partial charge is 0.339 e. The van der Waals surface area contributed by atoms with Crippen molar-refractivity contribution in [3.05, 3.63) is 96.2 Å². The van der Waals surface area contributed by atoms with E-state index in [1.807, 2.05) is 83.8 Å². The Hall–Kier alpha value is -4.46. The number of hydrogen-bond donors (Lipinski definition) is 1. The van der Waals surface area contributed by atoms with Crippen molar-refractivity contribution in [1.82, 2.24) is 20.0 Å². The molecule has 0 atom stereocenters. The molecule has 0 radical (unpaired) electrons. The number of carbonyl (C=O) groups excluding carboxylic acids is 3. The Morgan fingerprint density at radius 3 is 2.37 bits per heavy atom. The molecule has 0 saturated carbocycles. The molecule has 1 N–H and O–H groups in total. The fraction of sp³-hybridized carbons (Fsp3) is 0.267. The van der Waals surface area contributed by atoms with Gasteiger partial charge in [-0.15, -0.1) is 0 Å². The summed E-state index contributed by atoms with van der Waals surface area (Å²) in [5.41, 5.74) is 2.61. The molecule has 1 aromatic heterocycles. The van der Waals surface area contributed by atoms with E-state index in [1.54, 1.807) is 11.1 Å². The number of amides is 2. The summed E-state index contributed by atoms with van der Waals surface area (Å²) in [6.07, 6.45) is 3.01. The molecule has 4 aromatic rings. The number of Topliss-reactive ketones (excluding diaryl/α,β-unsaturated/α-hetero) is 1. The van der Waals surface area contributed by atoms with Crippen LogP contribution in [0, 0.1) is 0 Å². The second-order valence-corrected chi connectivity index (χ2v) is 10.1. The van der Waals surface area contributed by atoms with Crippen LogP contribution in [-0.2, 0) is 16.0 Å². The molecule has 6 rings (SSSR count). The second kappa shape index (κ2) is 9.78. The van der Waals surface area contributed by atoms with Gasteiger partial charge in [0.1, 0.15) is 5.54 Å². The van der Waals surface area contributed by atoms with E-state index in [9.17, 15) is 14.4 Å². The van der Waals surface area contributed by atoms with E-state index in [0.29, 0.717) is 44.6 Å². The van der Waals surface area contributed by atoms with E-state index in [1.165, 1.54) is 0 Å². The lowest BCUT2D eigenvalue weighted by Crippen LogP contribution is -2.57. The number of nitrogens with one attached hydrogen (secondary N) is 1. The Morgan fingerprint density at radius 1 is 0.921 bits per heavy atom. The van der Waals surface area contributed by atoms with Crippen molar-refractivity contribution in [3.8, 4) is 0 Å². The van der Waals surface area contributed by atoms with Gasteiger partial charge in [0.05, 0.1) is 24.9 Å². The third-order valence-corrected chi connectivity index (χ3v) is 7.76. The van der Waals surface area contributed by atoms with Gasteiger partial charge in [0.15, 0.2) is 5.78 Å². The highest BCUT2D eigenvalue weighted by Gasteiger charge is 2.54. The first-order valence-corrected chi connectivity index (χ1v) is 12.9. The van der Waals surface area contributed by atoms with Crippen LogP contribution in [0.2, 0.25) is 0 Å². The summed E-state index contributed by atoms with van der Waals surface area (Å²) >= 11 is 0. The minimum Gasteiger partial charge on any atom is -0.339 e. The van der Waals surface area contributed by atoms with Crippen LogP contribution >= 0.6 is 0 Å². The summed E-state index contributed by atoms with van der Waals surface area (Å²) in [5, 5.41) is 7.84. The van der Waals surface area contributed by atoms with Gasteiger partial charge in [-0.2, -0.15) is 5.10 Å². The van der Waals surface area contributed by atoms with Crippen LogP contribution in [0.5, 0.6) is 0 Å². The van der Waals surface area contributed by atoms with Gasteiger partial charge in [-0.25, -0.2) is 0 Å². The lowest BCUT2D eigenvalue weighted by molar-refractivity contribution is -0.136. The van der Waals surface area contributed by atoms with Crippen molar-refractivity contribution in [3.63, 3.8) is 0 Å². The number of benzene rings is 3. The number of aromatic nitrogens is 2. The summed E-state index contributed by atoms with van der Waals surface area (Å²) in [6, 6.07) is 25.0. The summed E-state index contributed by atoms with van der Waals surface area (Å²) in [6.45, 7) is 1.35. The third-order valence-electron chi connectivity index (χ3n) is 7.76. The smallest absolute Gasteiger partial charge is 0.253 e. The molecule has 192 valence electrons. The Bertz CT molecular complexity index is 1480. The van der Waals surface area contributed by atoms with Gasteiger partial charge in [-0.05, 0) is 48.7 Å². The molecule has 0 aliphatic carbocycles. The van der Waals surface area contributed by atoms with Crippen LogP contribution in [0.1, 0.15) is 28.8 Å². The molecule has 8 heteroatoms. The molecule has 2 aliphatic heterocycles. The molecule has 3 aromatic carbocycles. The van der Waals surface area contributed by atoms with Crippen molar-refractivity contribution in [1.29, 1.82) is 0 Å². The summed E-state index contributed by atoms with van der Waals surface area (Å²) < 4.78 is 0. The quantitative estimate of drug-likeness (QED) is 0.430. The molecular formula is C30H29N5O3.